The third-order valence-electron chi connectivity index (χ3n) is 3.86. The summed E-state index contributed by atoms with van der Waals surface area (Å²) in [5, 5.41) is 13.9. The number of ether oxygens (including phenoxy) is 2. The molecule has 0 aliphatic rings. The van der Waals surface area contributed by atoms with Crippen molar-refractivity contribution in [3.63, 3.8) is 0 Å². The average Bonchev–Trinajstić information content (AvgIpc) is 2.94. The first kappa shape index (κ1) is 19.7. The van der Waals surface area contributed by atoms with Crippen molar-refractivity contribution in [2.75, 3.05) is 18.9 Å². The van der Waals surface area contributed by atoms with Gasteiger partial charge in [0.05, 0.1) is 37.9 Å². The van der Waals surface area contributed by atoms with Gasteiger partial charge in [0.15, 0.2) is 5.65 Å². The molecule has 0 radical (unpaired) electrons. The number of benzene rings is 1. The molecule has 3 aromatic rings. The van der Waals surface area contributed by atoms with Crippen molar-refractivity contribution in [1.29, 1.82) is 0 Å². The number of halogens is 1. The molecule has 148 valence electrons. The number of hydrogen-bond donors (Lipinski definition) is 2. The fourth-order valence-corrected chi connectivity index (χ4v) is 3.68. The number of anilines is 1. The molecule has 3 rings (SSSR count). The Morgan fingerprint density at radius 3 is 2.61 bits per heavy atom. The molecule has 28 heavy (non-hydrogen) atoms. The van der Waals surface area contributed by atoms with Crippen LogP contribution in [0.15, 0.2) is 29.4 Å². The summed E-state index contributed by atoms with van der Waals surface area (Å²) in [5.41, 5.74) is 0.199. The first-order valence-corrected chi connectivity index (χ1v) is 9.56. The molecule has 0 saturated carbocycles. The van der Waals surface area contributed by atoms with Crippen LogP contribution in [-0.4, -0.2) is 48.3 Å². The molecule has 2 heterocycles. The van der Waals surface area contributed by atoms with E-state index in [-0.39, 0.29) is 27.6 Å². The van der Waals surface area contributed by atoms with Gasteiger partial charge in [-0.3, -0.25) is 4.72 Å². The van der Waals surface area contributed by atoms with E-state index in [9.17, 15) is 18.3 Å². The number of fused-ring (bicyclic) bond motifs is 1. The monoisotopic (exact) mass is 426 g/mol. The van der Waals surface area contributed by atoms with E-state index in [4.69, 9.17) is 21.1 Å². The summed E-state index contributed by atoms with van der Waals surface area (Å²) < 4.78 is 39.3. The molecular formula is C16H15ClN4O6S. The van der Waals surface area contributed by atoms with Crippen LogP contribution in [0.25, 0.3) is 5.65 Å². The van der Waals surface area contributed by atoms with Gasteiger partial charge in [-0.15, -0.1) is 0 Å². The third-order valence-corrected chi connectivity index (χ3v) is 5.61. The van der Waals surface area contributed by atoms with Crippen LogP contribution >= 0.6 is 11.6 Å². The molecule has 0 fully saturated rings. The summed E-state index contributed by atoms with van der Waals surface area (Å²) >= 11 is 6.06. The maximum Gasteiger partial charge on any atom is 0.338 e. The number of methoxy groups -OCH3 is 2. The predicted molar refractivity (Wildman–Crippen MR) is 100 cm³/mol. The number of nitrogens with one attached hydrogen (secondary N) is 1. The molecule has 0 unspecified atom stereocenters. The Hall–Kier alpha value is -3.05. The first-order valence-electron chi connectivity index (χ1n) is 7.70. The Labute approximate surface area is 164 Å². The maximum absolute atomic E-state index is 12.8. The Morgan fingerprint density at radius 1 is 1.29 bits per heavy atom. The second-order valence-electron chi connectivity index (χ2n) is 5.62. The van der Waals surface area contributed by atoms with Gasteiger partial charge in [-0.05, 0) is 13.0 Å². The number of hydrogen-bond acceptors (Lipinski definition) is 7. The average molecular weight is 427 g/mol. The molecule has 0 atom stereocenters. The van der Waals surface area contributed by atoms with E-state index in [0.717, 1.165) is 6.20 Å². The van der Waals surface area contributed by atoms with Crippen molar-refractivity contribution in [3.8, 4) is 11.5 Å². The van der Waals surface area contributed by atoms with Crippen molar-refractivity contribution in [3.05, 3.63) is 40.8 Å². The van der Waals surface area contributed by atoms with Crippen molar-refractivity contribution in [2.24, 2.45) is 0 Å². The lowest BCUT2D eigenvalue weighted by Gasteiger charge is -2.15. The molecule has 0 spiro atoms. The van der Waals surface area contributed by atoms with E-state index < -0.39 is 16.0 Å². The van der Waals surface area contributed by atoms with E-state index in [1.807, 2.05) is 0 Å². The lowest BCUT2D eigenvalue weighted by molar-refractivity contribution is 0.0697. The lowest BCUT2D eigenvalue weighted by Crippen LogP contribution is -2.17. The zero-order valence-electron chi connectivity index (χ0n) is 14.9. The van der Waals surface area contributed by atoms with Gasteiger partial charge in [-0.2, -0.15) is 5.10 Å². The maximum atomic E-state index is 12.8. The van der Waals surface area contributed by atoms with Gasteiger partial charge in [-0.1, -0.05) is 11.6 Å². The zero-order valence-corrected chi connectivity index (χ0v) is 16.5. The number of rotatable bonds is 6. The van der Waals surface area contributed by atoms with Gasteiger partial charge in [0.2, 0.25) is 0 Å². The fraction of sp³-hybridized carbons (Fsp3) is 0.188. The van der Waals surface area contributed by atoms with Crippen LogP contribution in [0.4, 0.5) is 5.69 Å². The topological polar surface area (TPSA) is 132 Å². The van der Waals surface area contributed by atoms with Crippen molar-refractivity contribution in [2.45, 2.75) is 11.8 Å². The van der Waals surface area contributed by atoms with Crippen LogP contribution in [0.1, 0.15) is 16.1 Å². The molecule has 0 amide bonds. The number of aryl methyl sites for hydroxylation is 1. The first-order chi connectivity index (χ1) is 13.2. The largest absolute Gasteiger partial charge is 0.497 e. The van der Waals surface area contributed by atoms with Crippen LogP contribution in [-0.2, 0) is 10.0 Å². The highest BCUT2D eigenvalue weighted by Crippen LogP contribution is 2.35. The van der Waals surface area contributed by atoms with Crippen molar-refractivity contribution in [1.82, 2.24) is 14.6 Å². The van der Waals surface area contributed by atoms with E-state index in [1.165, 1.54) is 37.1 Å². The number of carbonyl (C=O) groups is 1. The van der Waals surface area contributed by atoms with Gasteiger partial charge in [0.25, 0.3) is 10.0 Å². The molecule has 0 aliphatic heterocycles. The molecular weight excluding hydrogens is 412 g/mol. The van der Waals surface area contributed by atoms with Gasteiger partial charge in [0.1, 0.15) is 27.1 Å². The highest BCUT2D eigenvalue weighted by molar-refractivity contribution is 7.92. The zero-order chi connectivity index (χ0) is 20.6. The highest BCUT2D eigenvalue weighted by atomic mass is 35.5. The standard InChI is InChI=1S/C16H15ClN4O6S/c1-8-13(17)15-18-6-10(7-21(15)19-8)28(24,25)20-14-11(16(22)23)4-9(26-2)5-12(14)27-3/h4-7,20H,1-3H3,(H,22,23). The second-order valence-corrected chi connectivity index (χ2v) is 7.68. The number of carboxylic acids is 1. The second kappa shape index (κ2) is 7.17. The summed E-state index contributed by atoms with van der Waals surface area (Å²) in [5.74, 6) is -1.19. The lowest BCUT2D eigenvalue weighted by atomic mass is 10.1. The summed E-state index contributed by atoms with van der Waals surface area (Å²) in [6.45, 7) is 1.66. The van der Waals surface area contributed by atoms with Gasteiger partial charge in [0, 0.05) is 6.07 Å². The van der Waals surface area contributed by atoms with E-state index in [2.05, 4.69) is 14.8 Å². The predicted octanol–water partition coefficient (Wildman–Crippen LogP) is 2.21. The Balaban J connectivity index is 2.11. The fourth-order valence-electron chi connectivity index (χ4n) is 2.47. The molecule has 0 aliphatic carbocycles. The summed E-state index contributed by atoms with van der Waals surface area (Å²) in [6, 6.07) is 2.54. The smallest absolute Gasteiger partial charge is 0.338 e. The summed E-state index contributed by atoms with van der Waals surface area (Å²) in [4.78, 5) is 15.4. The number of nitrogens with zero attached hydrogens (tertiary/aromatic N) is 3. The Kier molecular flexibility index (Phi) is 5.04. The van der Waals surface area contributed by atoms with E-state index in [1.54, 1.807) is 6.92 Å². The number of aromatic carboxylic acids is 1. The highest BCUT2D eigenvalue weighted by Gasteiger charge is 2.24. The minimum Gasteiger partial charge on any atom is -0.497 e. The SMILES string of the molecule is COc1cc(OC)c(NS(=O)(=O)c2cnc3c(Cl)c(C)nn3c2)c(C(=O)O)c1. The molecule has 2 N–H and O–H groups in total. The summed E-state index contributed by atoms with van der Waals surface area (Å²) in [7, 11) is -1.59. The molecule has 12 heteroatoms. The third kappa shape index (κ3) is 3.41. The van der Waals surface area contributed by atoms with Crippen LogP contribution in [0.5, 0.6) is 11.5 Å². The van der Waals surface area contributed by atoms with Gasteiger partial charge in [-0.25, -0.2) is 22.7 Å². The Bertz CT molecular complexity index is 1190. The minimum absolute atomic E-state index is 0.0210. The summed E-state index contributed by atoms with van der Waals surface area (Å²) in [6.07, 6.45) is 2.32. The normalized spacial score (nSPS) is 11.4. The number of sulfonamides is 1. The molecule has 0 saturated heterocycles. The molecule has 0 bridgehead atoms. The number of carboxylic acid groups (broad SMARTS) is 1. The Morgan fingerprint density at radius 2 is 2.00 bits per heavy atom. The van der Waals surface area contributed by atoms with E-state index >= 15 is 0 Å². The van der Waals surface area contributed by atoms with Crippen molar-refractivity contribution >= 4 is 38.9 Å². The quantitative estimate of drug-likeness (QED) is 0.613. The van der Waals surface area contributed by atoms with Crippen LogP contribution < -0.4 is 14.2 Å². The van der Waals surface area contributed by atoms with Gasteiger partial charge < -0.3 is 14.6 Å². The number of aromatic nitrogens is 3. The molecule has 2 aromatic heterocycles. The molecule has 10 nitrogen and oxygen atoms in total. The molecule has 1 aromatic carbocycles. The van der Waals surface area contributed by atoms with E-state index in [0.29, 0.717) is 16.4 Å². The van der Waals surface area contributed by atoms with Crippen molar-refractivity contribution < 1.29 is 27.8 Å². The minimum atomic E-state index is -4.22. The van der Waals surface area contributed by atoms with Crippen LogP contribution in [0, 0.1) is 6.92 Å². The van der Waals surface area contributed by atoms with Gasteiger partial charge >= 0.3 is 5.97 Å². The van der Waals surface area contributed by atoms with Crippen LogP contribution in [0.3, 0.4) is 0 Å². The van der Waals surface area contributed by atoms with Crippen LogP contribution in [0.2, 0.25) is 5.02 Å².